The first kappa shape index (κ1) is 25.1. The molecule has 0 saturated carbocycles. The molecular formula is C25H28FN5O5. The Labute approximate surface area is 207 Å². The number of aromatic nitrogens is 2. The van der Waals surface area contributed by atoms with Crippen LogP contribution in [0.3, 0.4) is 0 Å². The van der Waals surface area contributed by atoms with Gasteiger partial charge in [-0.05, 0) is 37.6 Å². The lowest BCUT2D eigenvalue weighted by atomic mass is 10.2. The largest absolute Gasteiger partial charge is 0.493 e. The van der Waals surface area contributed by atoms with Gasteiger partial charge in [-0.1, -0.05) is 23.4 Å². The van der Waals surface area contributed by atoms with E-state index in [0.717, 1.165) is 18.5 Å². The molecule has 0 aliphatic carbocycles. The highest BCUT2D eigenvalue weighted by atomic mass is 19.1. The minimum atomic E-state index is -1.21. The number of rotatable bonds is 9. The fourth-order valence-electron chi connectivity index (χ4n) is 3.99. The molecule has 0 spiro atoms. The van der Waals surface area contributed by atoms with Crippen LogP contribution in [0, 0.1) is 5.82 Å². The summed E-state index contributed by atoms with van der Waals surface area (Å²) >= 11 is 0. The zero-order valence-corrected chi connectivity index (χ0v) is 19.9. The number of carboxylic acid groups (broad SMARTS) is 1. The van der Waals surface area contributed by atoms with E-state index >= 15 is 0 Å². The molecule has 1 aromatic heterocycles. The van der Waals surface area contributed by atoms with Crippen molar-refractivity contribution in [2.75, 3.05) is 39.3 Å². The number of piperazine rings is 1. The van der Waals surface area contributed by atoms with E-state index in [2.05, 4.69) is 20.4 Å². The fourth-order valence-corrected chi connectivity index (χ4v) is 3.99. The first-order chi connectivity index (χ1) is 17.4. The Balaban J connectivity index is 1.21. The Morgan fingerprint density at radius 1 is 1.17 bits per heavy atom. The third-order valence-electron chi connectivity index (χ3n) is 5.91. The molecule has 0 unspecified atom stereocenters. The summed E-state index contributed by atoms with van der Waals surface area (Å²) in [6.07, 6.45) is -0.476. The Kier molecular flexibility index (Phi) is 8.11. The molecule has 2 heterocycles. The molecule has 0 bridgehead atoms. The molecular weight excluding hydrogens is 469 g/mol. The van der Waals surface area contributed by atoms with E-state index in [4.69, 9.17) is 14.4 Å². The number of amides is 2. The van der Waals surface area contributed by atoms with Gasteiger partial charge in [-0.15, -0.1) is 0 Å². The number of nitrogens with zero attached hydrogens (tertiary/aromatic N) is 4. The van der Waals surface area contributed by atoms with Gasteiger partial charge in [-0.2, -0.15) is 4.98 Å². The summed E-state index contributed by atoms with van der Waals surface area (Å²) in [4.78, 5) is 31.2. The average Bonchev–Trinajstić information content (AvgIpc) is 3.37. The van der Waals surface area contributed by atoms with Gasteiger partial charge in [-0.3, -0.25) is 9.69 Å². The van der Waals surface area contributed by atoms with Gasteiger partial charge in [0, 0.05) is 44.4 Å². The van der Waals surface area contributed by atoms with Crippen LogP contribution in [0.5, 0.6) is 5.75 Å². The zero-order chi connectivity index (χ0) is 25.5. The molecule has 190 valence electrons. The maximum absolute atomic E-state index is 14.7. The predicted octanol–water partition coefficient (Wildman–Crippen LogP) is 3.11. The minimum absolute atomic E-state index is 0.170. The van der Waals surface area contributed by atoms with Gasteiger partial charge in [0.15, 0.2) is 0 Å². The Morgan fingerprint density at radius 2 is 1.92 bits per heavy atom. The van der Waals surface area contributed by atoms with E-state index in [1.807, 2.05) is 30.3 Å². The molecule has 3 aromatic rings. The van der Waals surface area contributed by atoms with Gasteiger partial charge >= 0.3 is 6.09 Å². The second-order valence-electron chi connectivity index (χ2n) is 8.47. The fraction of sp³-hybridized carbons (Fsp3) is 0.360. The van der Waals surface area contributed by atoms with Gasteiger partial charge in [0.2, 0.25) is 11.7 Å². The van der Waals surface area contributed by atoms with Gasteiger partial charge in [-0.25, -0.2) is 9.18 Å². The Hall–Kier alpha value is -3.99. The molecule has 1 aliphatic rings. The Bertz CT molecular complexity index is 1180. The number of hydrogen-bond donors (Lipinski definition) is 2. The number of carbonyl (C=O) groups is 2. The van der Waals surface area contributed by atoms with E-state index in [-0.39, 0.29) is 17.3 Å². The SMILES string of the molecule is C[C@@H](NC(=O)O)C(=O)N1CCN(CCCOc2ccc(-c3noc(-c4ccccc4)n3)c(F)c2)CC1. The molecule has 2 N–H and O–H groups in total. The first-order valence-electron chi connectivity index (χ1n) is 11.7. The summed E-state index contributed by atoms with van der Waals surface area (Å²) < 4.78 is 25.7. The Morgan fingerprint density at radius 3 is 2.61 bits per heavy atom. The van der Waals surface area contributed by atoms with E-state index in [1.165, 1.54) is 6.07 Å². The van der Waals surface area contributed by atoms with Crippen molar-refractivity contribution in [3.05, 3.63) is 54.3 Å². The number of nitrogens with one attached hydrogen (secondary N) is 1. The van der Waals surface area contributed by atoms with Gasteiger partial charge < -0.3 is 24.6 Å². The quantitative estimate of drug-likeness (QED) is 0.433. The molecule has 1 aliphatic heterocycles. The van der Waals surface area contributed by atoms with Crippen LogP contribution in [0.15, 0.2) is 53.1 Å². The lowest BCUT2D eigenvalue weighted by molar-refractivity contribution is -0.134. The van der Waals surface area contributed by atoms with E-state index < -0.39 is 18.0 Å². The van der Waals surface area contributed by atoms with Crippen LogP contribution in [0.2, 0.25) is 0 Å². The van der Waals surface area contributed by atoms with Crippen molar-refractivity contribution in [3.8, 4) is 28.6 Å². The standard InChI is InChI=1S/C25H28FN5O5/c1-17(27-25(33)34)24(32)31-13-11-30(12-14-31)10-5-15-35-19-8-9-20(21(26)16-19)22-28-23(36-29-22)18-6-3-2-4-7-18/h2-4,6-9,16-17,27H,5,10-15H2,1H3,(H,33,34)/t17-/m1/s1. The van der Waals surface area contributed by atoms with E-state index in [0.29, 0.717) is 44.4 Å². The second kappa shape index (κ2) is 11.6. The topological polar surface area (TPSA) is 121 Å². The lowest BCUT2D eigenvalue weighted by Gasteiger charge is -2.35. The van der Waals surface area contributed by atoms with Crippen molar-refractivity contribution >= 4 is 12.0 Å². The second-order valence-corrected chi connectivity index (χ2v) is 8.47. The summed E-state index contributed by atoms with van der Waals surface area (Å²) in [6, 6.07) is 13.1. The van der Waals surface area contributed by atoms with Crippen molar-refractivity contribution in [2.45, 2.75) is 19.4 Å². The molecule has 1 atom stereocenters. The van der Waals surface area contributed by atoms with E-state index in [1.54, 1.807) is 24.0 Å². The summed E-state index contributed by atoms with van der Waals surface area (Å²) in [6.45, 7) is 5.21. The average molecular weight is 498 g/mol. The molecule has 10 nitrogen and oxygen atoms in total. The third kappa shape index (κ3) is 6.36. The number of carbonyl (C=O) groups excluding carboxylic acids is 1. The highest BCUT2D eigenvalue weighted by Gasteiger charge is 2.25. The highest BCUT2D eigenvalue weighted by Crippen LogP contribution is 2.26. The van der Waals surface area contributed by atoms with Gasteiger partial charge in [0.05, 0.1) is 12.2 Å². The maximum atomic E-state index is 14.7. The summed E-state index contributed by atoms with van der Waals surface area (Å²) in [5, 5.41) is 14.8. The smallest absolute Gasteiger partial charge is 0.405 e. The monoisotopic (exact) mass is 497 g/mol. The number of hydrogen-bond acceptors (Lipinski definition) is 7. The predicted molar refractivity (Wildman–Crippen MR) is 129 cm³/mol. The number of ether oxygens (including phenoxy) is 1. The number of benzene rings is 2. The maximum Gasteiger partial charge on any atom is 0.405 e. The first-order valence-corrected chi connectivity index (χ1v) is 11.7. The zero-order valence-electron chi connectivity index (χ0n) is 19.9. The van der Waals surface area contributed by atoms with Gasteiger partial charge in [0.25, 0.3) is 5.89 Å². The van der Waals surface area contributed by atoms with Crippen molar-refractivity contribution in [2.24, 2.45) is 0 Å². The minimum Gasteiger partial charge on any atom is -0.493 e. The van der Waals surface area contributed by atoms with Crippen LogP contribution in [0.25, 0.3) is 22.8 Å². The lowest BCUT2D eigenvalue weighted by Crippen LogP contribution is -2.54. The molecule has 4 rings (SSSR count). The summed E-state index contributed by atoms with van der Waals surface area (Å²) in [5.74, 6) is 0.187. The van der Waals surface area contributed by atoms with Crippen LogP contribution in [-0.4, -0.2) is 82.4 Å². The van der Waals surface area contributed by atoms with Crippen LogP contribution >= 0.6 is 0 Å². The molecule has 11 heteroatoms. The van der Waals surface area contributed by atoms with Crippen molar-refractivity contribution in [1.82, 2.24) is 25.3 Å². The van der Waals surface area contributed by atoms with Crippen molar-refractivity contribution < 1.29 is 28.3 Å². The van der Waals surface area contributed by atoms with Crippen molar-refractivity contribution in [3.63, 3.8) is 0 Å². The molecule has 0 radical (unpaired) electrons. The van der Waals surface area contributed by atoms with E-state index in [9.17, 15) is 14.0 Å². The normalized spacial score (nSPS) is 14.9. The van der Waals surface area contributed by atoms with Gasteiger partial charge in [0.1, 0.15) is 17.6 Å². The molecule has 1 saturated heterocycles. The third-order valence-corrected chi connectivity index (χ3v) is 5.91. The summed E-state index contributed by atoms with van der Waals surface area (Å²) in [5.41, 5.74) is 0.989. The molecule has 2 aromatic carbocycles. The van der Waals surface area contributed by atoms with Crippen LogP contribution in [0.1, 0.15) is 13.3 Å². The summed E-state index contributed by atoms with van der Waals surface area (Å²) in [7, 11) is 0. The van der Waals surface area contributed by atoms with Crippen LogP contribution < -0.4 is 10.1 Å². The molecule has 2 amide bonds. The number of halogens is 1. The highest BCUT2D eigenvalue weighted by molar-refractivity contribution is 5.85. The van der Waals surface area contributed by atoms with Crippen LogP contribution in [0.4, 0.5) is 9.18 Å². The molecule has 1 fully saturated rings. The molecule has 36 heavy (non-hydrogen) atoms. The van der Waals surface area contributed by atoms with Crippen LogP contribution in [-0.2, 0) is 4.79 Å². The van der Waals surface area contributed by atoms with Crippen molar-refractivity contribution in [1.29, 1.82) is 0 Å².